The lowest BCUT2D eigenvalue weighted by Crippen LogP contribution is -2.53. The molecule has 4 saturated carbocycles. The van der Waals surface area contributed by atoms with Gasteiger partial charge in [-0.15, -0.1) is 0 Å². The number of hydrogen-bond donors (Lipinski definition) is 1. The highest BCUT2D eigenvalue weighted by molar-refractivity contribution is 5.14. The van der Waals surface area contributed by atoms with E-state index in [1.165, 1.54) is 50.5 Å². The van der Waals surface area contributed by atoms with E-state index < -0.39 is 0 Å². The normalized spacial score (nSPS) is 47.8. The first-order valence-corrected chi connectivity index (χ1v) is 11.9. The predicted molar refractivity (Wildman–Crippen MR) is 113 cm³/mol. The molecule has 0 spiro atoms. The summed E-state index contributed by atoms with van der Waals surface area (Å²) in [6, 6.07) is 10.6. The molecule has 2 heteroatoms. The van der Waals surface area contributed by atoms with Gasteiger partial charge in [0, 0.05) is 0 Å². The highest BCUT2D eigenvalue weighted by Gasteiger charge is 2.58. The van der Waals surface area contributed by atoms with Crippen LogP contribution in [0.2, 0.25) is 0 Å². The van der Waals surface area contributed by atoms with Crippen LogP contribution >= 0.6 is 0 Å². The lowest BCUT2D eigenvalue weighted by Gasteiger charge is -2.57. The lowest BCUT2D eigenvalue weighted by atomic mass is 9.49. The van der Waals surface area contributed by atoms with Crippen molar-refractivity contribution < 1.29 is 9.84 Å². The Morgan fingerprint density at radius 1 is 0.929 bits per heavy atom. The predicted octanol–water partition coefficient (Wildman–Crippen LogP) is 5.83. The molecule has 154 valence electrons. The zero-order valence-electron chi connectivity index (χ0n) is 17.7. The van der Waals surface area contributed by atoms with Crippen molar-refractivity contribution >= 4 is 0 Å². The Kier molecular flexibility index (Phi) is 5.08. The minimum atomic E-state index is -0.0550. The zero-order chi connectivity index (χ0) is 19.3. The maximum Gasteiger partial charge on any atom is 0.0720 e. The molecule has 4 aliphatic carbocycles. The summed E-state index contributed by atoms with van der Waals surface area (Å²) in [7, 11) is 0. The second-order valence-electron chi connectivity index (χ2n) is 10.9. The second-order valence-corrected chi connectivity index (χ2v) is 10.9. The first-order valence-electron chi connectivity index (χ1n) is 11.9. The summed E-state index contributed by atoms with van der Waals surface area (Å²) in [5.41, 5.74) is 1.60. The molecule has 1 aromatic carbocycles. The van der Waals surface area contributed by atoms with Crippen molar-refractivity contribution in [2.75, 3.05) is 0 Å². The molecular weight excluding hydrogens is 344 g/mol. The van der Waals surface area contributed by atoms with Gasteiger partial charge >= 0.3 is 0 Å². The van der Waals surface area contributed by atoms with Crippen molar-refractivity contribution in [3.05, 3.63) is 35.9 Å². The Labute approximate surface area is 171 Å². The van der Waals surface area contributed by atoms with Crippen LogP contribution in [-0.2, 0) is 11.3 Å². The fraction of sp³-hybridized carbons (Fsp3) is 0.769. The third-order valence-electron chi connectivity index (χ3n) is 9.47. The number of aliphatic hydroxyl groups is 1. The fourth-order valence-electron chi connectivity index (χ4n) is 8.06. The largest absolute Gasteiger partial charge is 0.393 e. The van der Waals surface area contributed by atoms with E-state index in [9.17, 15) is 5.11 Å². The highest BCUT2D eigenvalue weighted by Crippen LogP contribution is 2.63. The van der Waals surface area contributed by atoms with Crippen LogP contribution in [-0.4, -0.2) is 17.3 Å². The van der Waals surface area contributed by atoms with E-state index in [4.69, 9.17) is 4.74 Å². The van der Waals surface area contributed by atoms with Crippen LogP contribution in [0.15, 0.2) is 30.3 Å². The van der Waals surface area contributed by atoms with Crippen LogP contribution in [0, 0.1) is 40.9 Å². The van der Waals surface area contributed by atoms with E-state index >= 15 is 0 Å². The quantitative estimate of drug-likeness (QED) is 0.712. The fourth-order valence-corrected chi connectivity index (χ4v) is 8.06. The van der Waals surface area contributed by atoms with Crippen LogP contribution in [0.3, 0.4) is 0 Å². The van der Waals surface area contributed by atoms with Crippen LogP contribution in [0.4, 0.5) is 0 Å². The Hall–Kier alpha value is -0.860. The van der Waals surface area contributed by atoms with Gasteiger partial charge in [-0.05, 0) is 91.4 Å². The van der Waals surface area contributed by atoms with Crippen molar-refractivity contribution in [3.8, 4) is 0 Å². The van der Waals surface area contributed by atoms with Gasteiger partial charge in [-0.1, -0.05) is 50.6 Å². The smallest absolute Gasteiger partial charge is 0.0720 e. The average molecular weight is 383 g/mol. The summed E-state index contributed by atoms with van der Waals surface area (Å²) in [5, 5.41) is 11.1. The summed E-state index contributed by atoms with van der Waals surface area (Å²) in [6.07, 6.45) is 10.6. The van der Waals surface area contributed by atoms with Gasteiger partial charge in [0.2, 0.25) is 0 Å². The molecule has 1 aromatic rings. The van der Waals surface area contributed by atoms with E-state index in [-0.39, 0.29) is 6.10 Å². The second kappa shape index (κ2) is 7.43. The summed E-state index contributed by atoms with van der Waals surface area (Å²) in [6.45, 7) is 5.64. The van der Waals surface area contributed by atoms with Crippen LogP contribution in [0.5, 0.6) is 0 Å². The van der Waals surface area contributed by atoms with E-state index in [1.54, 1.807) is 0 Å². The number of rotatable bonds is 3. The van der Waals surface area contributed by atoms with Gasteiger partial charge in [-0.3, -0.25) is 0 Å². The molecule has 0 unspecified atom stereocenters. The van der Waals surface area contributed by atoms with Crippen LogP contribution in [0.1, 0.15) is 70.8 Å². The maximum absolute atomic E-state index is 11.1. The van der Waals surface area contributed by atoms with Crippen LogP contribution in [0.25, 0.3) is 0 Å². The Morgan fingerprint density at radius 2 is 1.71 bits per heavy atom. The van der Waals surface area contributed by atoms with Crippen molar-refractivity contribution in [3.63, 3.8) is 0 Å². The number of hydrogen-bond acceptors (Lipinski definition) is 2. The van der Waals surface area contributed by atoms with Gasteiger partial charge in [0.05, 0.1) is 18.8 Å². The SMILES string of the molecule is C[C@H]1CC[C@@H]2[C@H]3CC[C@]4(C)[C@@H](OCc5ccccc5)CC[C@H]4[C@@H]3C[C@H](O)[C@H]2C1. The molecule has 1 N–H and O–H groups in total. The monoisotopic (exact) mass is 382 g/mol. The van der Waals surface area contributed by atoms with E-state index in [0.29, 0.717) is 17.4 Å². The molecular formula is C26H38O2. The molecule has 0 aromatic heterocycles. The minimum Gasteiger partial charge on any atom is -0.393 e. The van der Waals surface area contributed by atoms with Gasteiger partial charge in [-0.25, -0.2) is 0 Å². The highest BCUT2D eigenvalue weighted by atomic mass is 16.5. The molecule has 28 heavy (non-hydrogen) atoms. The Morgan fingerprint density at radius 3 is 2.54 bits per heavy atom. The van der Waals surface area contributed by atoms with Crippen molar-refractivity contribution in [2.24, 2.45) is 40.9 Å². The van der Waals surface area contributed by atoms with Gasteiger partial charge in [0.1, 0.15) is 0 Å². The number of ether oxygens (including phenoxy) is 1. The minimum absolute atomic E-state index is 0.0550. The number of fused-ring (bicyclic) bond motifs is 5. The molecule has 0 radical (unpaired) electrons. The molecule has 0 saturated heterocycles. The average Bonchev–Trinajstić information content (AvgIpc) is 3.04. The van der Waals surface area contributed by atoms with Gasteiger partial charge < -0.3 is 9.84 Å². The standard InChI is InChI=1S/C26H38O2/c1-17-8-9-19-20-12-13-26(2)23(21(20)15-24(27)22(19)14-17)10-11-25(26)28-16-18-6-4-3-5-7-18/h3-7,17,19-25,27H,8-16H2,1-2H3/t17-,19+,20+,21+,22-,23-,24-,25-,26-/m0/s1. The van der Waals surface area contributed by atoms with E-state index in [1.807, 2.05) is 0 Å². The third-order valence-corrected chi connectivity index (χ3v) is 9.47. The molecule has 9 atom stereocenters. The molecule has 5 rings (SSSR count). The third kappa shape index (κ3) is 3.16. The first-order chi connectivity index (χ1) is 13.6. The Balaban J connectivity index is 1.31. The van der Waals surface area contributed by atoms with E-state index in [0.717, 1.165) is 42.6 Å². The summed E-state index contributed by atoms with van der Waals surface area (Å²) >= 11 is 0. The molecule has 2 nitrogen and oxygen atoms in total. The molecule has 0 aliphatic heterocycles. The Bertz CT molecular complexity index is 672. The number of benzene rings is 1. The summed E-state index contributed by atoms with van der Waals surface area (Å²) < 4.78 is 6.53. The topological polar surface area (TPSA) is 29.5 Å². The summed E-state index contributed by atoms with van der Waals surface area (Å²) in [5.74, 6) is 4.53. The molecule has 0 bridgehead atoms. The van der Waals surface area contributed by atoms with Gasteiger partial charge in [0.25, 0.3) is 0 Å². The van der Waals surface area contributed by atoms with Gasteiger partial charge in [-0.2, -0.15) is 0 Å². The molecule has 4 aliphatic rings. The van der Waals surface area contributed by atoms with Crippen molar-refractivity contribution in [1.82, 2.24) is 0 Å². The zero-order valence-corrected chi connectivity index (χ0v) is 17.7. The number of aliphatic hydroxyl groups excluding tert-OH is 1. The first kappa shape index (κ1) is 19.1. The summed E-state index contributed by atoms with van der Waals surface area (Å²) in [4.78, 5) is 0. The molecule has 0 amide bonds. The van der Waals surface area contributed by atoms with E-state index in [2.05, 4.69) is 44.2 Å². The molecule has 4 fully saturated rings. The van der Waals surface area contributed by atoms with Gasteiger partial charge in [0.15, 0.2) is 0 Å². The van der Waals surface area contributed by atoms with Crippen molar-refractivity contribution in [2.45, 2.75) is 84.0 Å². The lowest BCUT2D eigenvalue weighted by molar-refractivity contribution is -0.135. The van der Waals surface area contributed by atoms with Crippen molar-refractivity contribution in [1.29, 1.82) is 0 Å². The molecule has 0 heterocycles. The maximum atomic E-state index is 11.1. The van der Waals surface area contributed by atoms with Crippen LogP contribution < -0.4 is 0 Å².